The molecule has 0 amide bonds. The average molecular weight is 847 g/mol. The summed E-state index contributed by atoms with van der Waals surface area (Å²) in [5.74, 6) is 0. The molecule has 0 bridgehead atoms. The first-order valence-corrected chi connectivity index (χ1v) is 23.1. The third-order valence-corrected chi connectivity index (χ3v) is 13.6. The van der Waals surface area contributed by atoms with Gasteiger partial charge in [-0.1, -0.05) is 225 Å². The van der Waals surface area contributed by atoms with Crippen LogP contribution in [0.4, 0.5) is 17.1 Å². The van der Waals surface area contributed by atoms with Crippen LogP contribution < -0.4 is 10.6 Å². The number of hydrogen-bond donors (Lipinski definition) is 1. The second-order valence-electron chi connectivity index (χ2n) is 17.3. The van der Waals surface area contributed by atoms with Crippen LogP contribution in [0.5, 0.6) is 0 Å². The topological polar surface area (TPSA) is 29.3 Å². The summed E-state index contributed by atoms with van der Waals surface area (Å²) in [7, 11) is 0. The second kappa shape index (κ2) is 17.5. The fraction of sp³-hybridized carbons (Fsp3) is 0.0625. The molecule has 316 valence electrons. The van der Waals surface area contributed by atoms with E-state index in [-0.39, 0.29) is 6.04 Å². The lowest BCUT2D eigenvalue weighted by molar-refractivity contribution is 0.753. The standard InChI is InChI=1S/C56H40N2.C8H10/c57-55(42-32-30-39(31-33-42)38-14-3-1-4-15-38)45-17-13-16-43(36-45)40-26-28-41(29-27-40)44-34-35-50-48(37-44)47-20-7-8-21-49(47)56(50)51-22-9-11-24-53(51)58(46-18-5-2-6-19-46)54-25-12-10-23-52(54)56;1-2-8-6-4-3-5-7-8/h1-37,55H,57H2;3-7H,2H2,1H3. The maximum atomic E-state index is 6.87. The minimum atomic E-state index is -0.456. The maximum Gasteiger partial charge on any atom is 0.0754 e. The Bertz CT molecular complexity index is 3240. The number of fused-ring (bicyclic) bond motifs is 9. The summed E-state index contributed by atoms with van der Waals surface area (Å²) in [6.07, 6.45) is 1.14. The summed E-state index contributed by atoms with van der Waals surface area (Å²) in [4.78, 5) is 2.43. The lowest BCUT2D eigenvalue weighted by atomic mass is 9.64. The van der Waals surface area contributed by atoms with Crippen LogP contribution in [0.25, 0.3) is 44.5 Å². The molecule has 12 rings (SSSR count). The van der Waals surface area contributed by atoms with E-state index < -0.39 is 5.41 Å². The predicted molar refractivity (Wildman–Crippen MR) is 277 cm³/mol. The highest BCUT2D eigenvalue weighted by Gasteiger charge is 2.51. The Morgan fingerprint density at radius 1 is 0.364 bits per heavy atom. The van der Waals surface area contributed by atoms with Gasteiger partial charge in [-0.05, 0) is 126 Å². The number of benzene rings is 10. The van der Waals surface area contributed by atoms with Crippen LogP contribution in [0.1, 0.15) is 51.9 Å². The van der Waals surface area contributed by atoms with E-state index in [2.05, 4.69) is 254 Å². The number of hydrogen-bond acceptors (Lipinski definition) is 2. The molecule has 1 spiro atoms. The van der Waals surface area contributed by atoms with Crippen molar-refractivity contribution in [1.29, 1.82) is 0 Å². The molecule has 2 N–H and O–H groups in total. The Morgan fingerprint density at radius 3 is 1.44 bits per heavy atom. The number of para-hydroxylation sites is 3. The Kier molecular flexibility index (Phi) is 10.8. The highest BCUT2D eigenvalue weighted by Crippen LogP contribution is 2.63. The predicted octanol–water partition coefficient (Wildman–Crippen LogP) is 16.1. The van der Waals surface area contributed by atoms with Crippen molar-refractivity contribution in [2.45, 2.75) is 24.8 Å². The zero-order valence-corrected chi connectivity index (χ0v) is 37.1. The Hall–Kier alpha value is -8.04. The zero-order chi connectivity index (χ0) is 44.5. The van der Waals surface area contributed by atoms with Gasteiger partial charge < -0.3 is 10.6 Å². The molecule has 2 aliphatic rings. The molecule has 1 heterocycles. The lowest BCUT2D eigenvalue weighted by Crippen LogP contribution is -2.36. The molecule has 66 heavy (non-hydrogen) atoms. The molecule has 0 aromatic heterocycles. The summed E-state index contributed by atoms with van der Waals surface area (Å²) >= 11 is 0. The van der Waals surface area contributed by atoms with Gasteiger partial charge in [0.1, 0.15) is 0 Å². The van der Waals surface area contributed by atoms with Crippen molar-refractivity contribution in [3.63, 3.8) is 0 Å². The van der Waals surface area contributed by atoms with E-state index in [9.17, 15) is 0 Å². The van der Waals surface area contributed by atoms with Crippen LogP contribution in [-0.2, 0) is 11.8 Å². The van der Waals surface area contributed by atoms with Gasteiger partial charge >= 0.3 is 0 Å². The van der Waals surface area contributed by atoms with E-state index in [0.29, 0.717) is 0 Å². The third kappa shape index (κ3) is 7.13. The molecule has 1 unspecified atom stereocenters. The monoisotopic (exact) mass is 846 g/mol. The smallest absolute Gasteiger partial charge is 0.0754 e. The van der Waals surface area contributed by atoms with Gasteiger partial charge in [-0.2, -0.15) is 0 Å². The first-order valence-electron chi connectivity index (χ1n) is 23.1. The van der Waals surface area contributed by atoms with E-state index in [4.69, 9.17) is 5.73 Å². The highest BCUT2D eigenvalue weighted by molar-refractivity contribution is 5.96. The fourth-order valence-electron chi connectivity index (χ4n) is 10.3. The Labute approximate surface area is 388 Å². The summed E-state index contributed by atoms with van der Waals surface area (Å²) in [6, 6.07) is 91.8. The molecule has 2 nitrogen and oxygen atoms in total. The average Bonchev–Trinajstić information content (AvgIpc) is 3.69. The first-order chi connectivity index (χ1) is 32.6. The largest absolute Gasteiger partial charge is 0.320 e. The van der Waals surface area contributed by atoms with Crippen LogP contribution in [0, 0.1) is 0 Å². The lowest BCUT2D eigenvalue weighted by Gasteiger charge is -2.45. The van der Waals surface area contributed by atoms with Crippen molar-refractivity contribution in [3.8, 4) is 44.5 Å². The molecule has 0 fully saturated rings. The van der Waals surface area contributed by atoms with Gasteiger partial charge in [0.05, 0.1) is 22.8 Å². The molecule has 0 saturated heterocycles. The van der Waals surface area contributed by atoms with Gasteiger partial charge in [0.2, 0.25) is 0 Å². The summed E-state index contributed by atoms with van der Waals surface area (Å²) in [5.41, 5.74) is 28.5. The van der Waals surface area contributed by atoms with Gasteiger partial charge in [0, 0.05) is 5.69 Å². The molecular weight excluding hydrogens is 797 g/mol. The number of nitrogens with two attached hydrogens (primary N) is 1. The molecule has 0 saturated carbocycles. The van der Waals surface area contributed by atoms with E-state index in [1.54, 1.807) is 0 Å². The molecule has 1 aliphatic heterocycles. The van der Waals surface area contributed by atoms with Crippen molar-refractivity contribution in [2.75, 3.05) is 4.90 Å². The number of aryl methyl sites for hydroxylation is 1. The fourth-order valence-corrected chi connectivity index (χ4v) is 10.3. The normalized spacial score (nSPS) is 13.1. The van der Waals surface area contributed by atoms with Crippen LogP contribution in [-0.4, -0.2) is 0 Å². The molecule has 1 atom stereocenters. The van der Waals surface area contributed by atoms with Gasteiger partial charge in [-0.25, -0.2) is 0 Å². The minimum Gasteiger partial charge on any atom is -0.320 e. The van der Waals surface area contributed by atoms with E-state index in [1.807, 2.05) is 12.1 Å². The molecule has 10 aromatic rings. The van der Waals surface area contributed by atoms with Crippen molar-refractivity contribution in [3.05, 3.63) is 294 Å². The Balaban J connectivity index is 0.000000547. The van der Waals surface area contributed by atoms with Gasteiger partial charge in [-0.3, -0.25) is 0 Å². The highest BCUT2D eigenvalue weighted by atomic mass is 15.2. The van der Waals surface area contributed by atoms with Crippen molar-refractivity contribution < 1.29 is 0 Å². The number of rotatable bonds is 7. The maximum absolute atomic E-state index is 6.87. The van der Waals surface area contributed by atoms with Crippen LogP contribution in [0.3, 0.4) is 0 Å². The summed E-state index contributed by atoms with van der Waals surface area (Å²) < 4.78 is 0. The van der Waals surface area contributed by atoms with Crippen LogP contribution >= 0.6 is 0 Å². The molecule has 2 heteroatoms. The molecule has 10 aromatic carbocycles. The minimum absolute atomic E-state index is 0.217. The van der Waals surface area contributed by atoms with E-state index >= 15 is 0 Å². The molecule has 1 aliphatic carbocycles. The van der Waals surface area contributed by atoms with Crippen LogP contribution in [0.2, 0.25) is 0 Å². The quantitative estimate of drug-likeness (QED) is 0.173. The third-order valence-electron chi connectivity index (χ3n) is 13.6. The Morgan fingerprint density at radius 2 is 0.818 bits per heavy atom. The number of nitrogens with zero attached hydrogens (tertiary/aromatic N) is 1. The summed E-state index contributed by atoms with van der Waals surface area (Å²) in [6.45, 7) is 2.16. The zero-order valence-electron chi connectivity index (χ0n) is 37.1. The molecular formula is C64H50N2. The van der Waals surface area contributed by atoms with E-state index in [1.165, 1.54) is 78.1 Å². The summed E-state index contributed by atoms with van der Waals surface area (Å²) in [5, 5.41) is 0. The second-order valence-corrected chi connectivity index (χ2v) is 17.3. The van der Waals surface area contributed by atoms with Crippen LogP contribution in [0.15, 0.2) is 255 Å². The van der Waals surface area contributed by atoms with Crippen molar-refractivity contribution in [1.82, 2.24) is 0 Å². The van der Waals surface area contributed by atoms with Crippen molar-refractivity contribution in [2.24, 2.45) is 5.73 Å². The van der Waals surface area contributed by atoms with E-state index in [0.717, 1.165) is 28.8 Å². The first kappa shape index (κ1) is 40.7. The molecule has 0 radical (unpaired) electrons. The van der Waals surface area contributed by atoms with Gasteiger partial charge in [0.25, 0.3) is 0 Å². The van der Waals surface area contributed by atoms with Gasteiger partial charge in [-0.15, -0.1) is 0 Å². The number of anilines is 3. The SMILES string of the molecule is CCc1ccccc1.NC(c1ccc(-c2ccccc2)cc1)c1cccc(-c2ccc(-c3ccc4c(c3)-c3ccccc3C43c4ccccc4N(c4ccccc4)c4ccccc43)cc2)c1. The van der Waals surface area contributed by atoms with Gasteiger partial charge in [0.15, 0.2) is 0 Å². The van der Waals surface area contributed by atoms with Crippen molar-refractivity contribution >= 4 is 17.1 Å².